The molecule has 0 aromatic carbocycles. The number of fused-ring (bicyclic) bond motifs is 1. The molecule has 3 heterocycles. The zero-order valence-electron chi connectivity index (χ0n) is 10.1. The van der Waals surface area contributed by atoms with Crippen LogP contribution in [-0.2, 0) is 4.74 Å². The van der Waals surface area contributed by atoms with Crippen LogP contribution in [0.3, 0.4) is 0 Å². The first-order valence-electron chi connectivity index (χ1n) is 5.81. The third kappa shape index (κ3) is 1.95. The van der Waals surface area contributed by atoms with E-state index < -0.39 is 31.1 Å². The average molecular weight is 393 g/mol. The van der Waals surface area contributed by atoms with Gasteiger partial charge in [-0.1, -0.05) is 0 Å². The summed E-state index contributed by atoms with van der Waals surface area (Å²) in [4.78, 5) is 7.98. The number of aromatic nitrogens is 4. The maximum atomic E-state index is 10.0. The van der Waals surface area contributed by atoms with Crippen LogP contribution in [0.5, 0.6) is 0 Å². The number of hydrogen-bond acceptors (Lipinski definition) is 8. The molecule has 0 spiro atoms. The lowest BCUT2D eigenvalue weighted by atomic mass is 10.1. The Bertz CT molecular complexity index is 650. The molecule has 108 valence electrons. The van der Waals surface area contributed by atoms with E-state index in [-0.39, 0.29) is 5.82 Å². The van der Waals surface area contributed by atoms with Gasteiger partial charge in [0, 0.05) is 0 Å². The molecule has 3 rings (SSSR count). The molecular formula is C10H12IN5O4. The molecule has 0 bridgehead atoms. The van der Waals surface area contributed by atoms with Gasteiger partial charge >= 0.3 is 0 Å². The Labute approximate surface area is 126 Å². The predicted molar refractivity (Wildman–Crippen MR) is 75.5 cm³/mol. The fourth-order valence-corrected chi connectivity index (χ4v) is 2.96. The molecule has 2 aromatic rings. The number of nitrogens with zero attached hydrogens (tertiary/aromatic N) is 4. The number of anilines is 1. The molecule has 5 N–H and O–H groups in total. The van der Waals surface area contributed by atoms with Crippen molar-refractivity contribution in [2.24, 2.45) is 0 Å². The van der Waals surface area contributed by atoms with E-state index >= 15 is 0 Å². The lowest BCUT2D eigenvalue weighted by Gasteiger charge is -2.15. The van der Waals surface area contributed by atoms with Gasteiger partial charge in [-0.25, -0.2) is 14.6 Å². The number of aliphatic hydroxyl groups is 3. The third-order valence-electron chi connectivity index (χ3n) is 3.23. The summed E-state index contributed by atoms with van der Waals surface area (Å²) in [6, 6.07) is 0. The molecule has 10 heteroatoms. The van der Waals surface area contributed by atoms with Crippen LogP contribution >= 0.6 is 22.6 Å². The van der Waals surface area contributed by atoms with E-state index in [4.69, 9.17) is 15.6 Å². The summed E-state index contributed by atoms with van der Waals surface area (Å²) in [5.41, 5.74) is 6.18. The van der Waals surface area contributed by atoms with E-state index in [2.05, 4.69) is 15.1 Å². The largest absolute Gasteiger partial charge is 0.394 e. The Morgan fingerprint density at radius 1 is 1.35 bits per heavy atom. The van der Waals surface area contributed by atoms with Gasteiger partial charge < -0.3 is 25.8 Å². The highest BCUT2D eigenvalue weighted by atomic mass is 127. The van der Waals surface area contributed by atoms with Gasteiger partial charge in [-0.15, -0.1) is 0 Å². The van der Waals surface area contributed by atoms with Crippen molar-refractivity contribution >= 4 is 39.4 Å². The molecular weight excluding hydrogens is 381 g/mol. The third-order valence-corrected chi connectivity index (χ3v) is 3.99. The Hall–Kier alpha value is -1.08. The number of hydrogen-bond donors (Lipinski definition) is 4. The normalized spacial score (nSPS) is 30.2. The molecule has 4 atom stereocenters. The molecule has 0 amide bonds. The van der Waals surface area contributed by atoms with E-state index in [1.165, 1.54) is 11.0 Å². The first-order chi connectivity index (χ1) is 9.54. The standard InChI is InChI=1S/C10H12IN5O4/c11-7-4-8(12)13-2-14-9(4)16(15-7)10-6(19)5(18)3(1-17)20-10/h2-3,5-6,10,17-19H,1H2,(H2,12,13,14)/t3-,5-,6-,10?/m1/s1. The maximum Gasteiger partial charge on any atom is 0.181 e. The Balaban J connectivity index is 2.10. The summed E-state index contributed by atoms with van der Waals surface area (Å²) in [6.07, 6.45) is -2.94. The van der Waals surface area contributed by atoms with Crippen molar-refractivity contribution in [2.75, 3.05) is 12.3 Å². The van der Waals surface area contributed by atoms with Crippen molar-refractivity contribution in [3.05, 3.63) is 10.0 Å². The van der Waals surface area contributed by atoms with Gasteiger partial charge in [0.15, 0.2) is 11.9 Å². The van der Waals surface area contributed by atoms with E-state index in [0.717, 1.165) is 0 Å². The second kappa shape index (κ2) is 5.04. The van der Waals surface area contributed by atoms with Crippen LogP contribution in [0.4, 0.5) is 5.82 Å². The Morgan fingerprint density at radius 2 is 2.10 bits per heavy atom. The summed E-state index contributed by atoms with van der Waals surface area (Å²) in [5, 5.41) is 33.7. The van der Waals surface area contributed by atoms with Gasteiger partial charge in [0.2, 0.25) is 0 Å². The first-order valence-corrected chi connectivity index (χ1v) is 6.89. The number of nitrogen functional groups attached to an aromatic ring is 1. The second-order valence-electron chi connectivity index (χ2n) is 4.42. The highest BCUT2D eigenvalue weighted by molar-refractivity contribution is 14.1. The van der Waals surface area contributed by atoms with E-state index in [0.29, 0.717) is 14.7 Å². The topological polar surface area (TPSA) is 140 Å². The summed E-state index contributed by atoms with van der Waals surface area (Å²) in [5.74, 6) is 0.275. The molecule has 1 fully saturated rings. The molecule has 0 saturated carbocycles. The molecule has 0 aliphatic carbocycles. The lowest BCUT2D eigenvalue weighted by Crippen LogP contribution is -2.33. The Morgan fingerprint density at radius 3 is 2.75 bits per heavy atom. The minimum Gasteiger partial charge on any atom is -0.394 e. The maximum absolute atomic E-state index is 10.0. The zero-order chi connectivity index (χ0) is 14.4. The number of rotatable bonds is 2. The summed E-state index contributed by atoms with van der Waals surface area (Å²) >= 11 is 1.98. The van der Waals surface area contributed by atoms with E-state index in [1.54, 1.807) is 0 Å². The molecule has 1 saturated heterocycles. The van der Waals surface area contributed by atoms with Gasteiger partial charge in [0.05, 0.1) is 12.0 Å². The van der Waals surface area contributed by atoms with Gasteiger partial charge in [0.1, 0.15) is 34.2 Å². The molecule has 9 nitrogen and oxygen atoms in total. The van der Waals surface area contributed by atoms with E-state index in [1.807, 2.05) is 22.6 Å². The fourth-order valence-electron chi connectivity index (χ4n) is 2.21. The quantitative estimate of drug-likeness (QED) is 0.458. The summed E-state index contributed by atoms with van der Waals surface area (Å²) in [6.45, 7) is -0.401. The Kier molecular flexibility index (Phi) is 3.50. The summed E-state index contributed by atoms with van der Waals surface area (Å²) in [7, 11) is 0. The van der Waals surface area contributed by atoms with Gasteiger partial charge in [0.25, 0.3) is 0 Å². The van der Waals surface area contributed by atoms with Crippen LogP contribution in [0.15, 0.2) is 6.33 Å². The van der Waals surface area contributed by atoms with Gasteiger partial charge in [-0.2, -0.15) is 5.10 Å². The van der Waals surface area contributed by atoms with E-state index in [9.17, 15) is 10.2 Å². The van der Waals surface area contributed by atoms with Crippen molar-refractivity contribution in [3.63, 3.8) is 0 Å². The van der Waals surface area contributed by atoms with Crippen molar-refractivity contribution in [2.45, 2.75) is 24.5 Å². The minimum atomic E-state index is -1.22. The van der Waals surface area contributed by atoms with Crippen molar-refractivity contribution < 1.29 is 20.1 Å². The fraction of sp³-hybridized carbons (Fsp3) is 0.500. The molecule has 0 radical (unpaired) electrons. The molecule has 1 aliphatic rings. The van der Waals surface area contributed by atoms with Crippen LogP contribution in [0.2, 0.25) is 0 Å². The van der Waals surface area contributed by atoms with Crippen LogP contribution in [0.25, 0.3) is 11.0 Å². The smallest absolute Gasteiger partial charge is 0.181 e. The summed E-state index contributed by atoms with van der Waals surface area (Å²) < 4.78 is 7.34. The predicted octanol–water partition coefficient (Wildman–Crippen LogP) is -1.38. The number of aliphatic hydroxyl groups excluding tert-OH is 3. The van der Waals surface area contributed by atoms with Crippen molar-refractivity contribution in [3.8, 4) is 0 Å². The van der Waals surface area contributed by atoms with Crippen LogP contribution in [0, 0.1) is 3.70 Å². The van der Waals surface area contributed by atoms with Crippen LogP contribution in [0.1, 0.15) is 6.23 Å². The molecule has 1 unspecified atom stereocenters. The number of nitrogens with two attached hydrogens (primary N) is 1. The average Bonchev–Trinajstić information content (AvgIpc) is 2.90. The monoisotopic (exact) mass is 393 g/mol. The van der Waals surface area contributed by atoms with Gasteiger partial charge in [-0.05, 0) is 22.6 Å². The molecule has 1 aliphatic heterocycles. The number of ether oxygens (including phenoxy) is 1. The zero-order valence-corrected chi connectivity index (χ0v) is 12.2. The SMILES string of the molecule is Nc1ncnc2c1c(I)nn2C1O[C@H](CO)[C@@H](O)[C@H]1O. The second-order valence-corrected chi connectivity index (χ2v) is 5.44. The highest BCUT2D eigenvalue weighted by Crippen LogP contribution is 2.33. The number of halogens is 1. The molecule has 20 heavy (non-hydrogen) atoms. The van der Waals surface area contributed by atoms with Crippen LogP contribution in [-0.4, -0.2) is 60.0 Å². The van der Waals surface area contributed by atoms with Crippen LogP contribution < -0.4 is 5.73 Å². The molecule has 2 aromatic heterocycles. The lowest BCUT2D eigenvalue weighted by molar-refractivity contribution is -0.0568. The van der Waals surface area contributed by atoms with Crippen molar-refractivity contribution in [1.29, 1.82) is 0 Å². The first kappa shape index (κ1) is 13.9. The minimum absolute atomic E-state index is 0.275. The van der Waals surface area contributed by atoms with Gasteiger partial charge in [-0.3, -0.25) is 0 Å². The highest BCUT2D eigenvalue weighted by Gasteiger charge is 2.44. The van der Waals surface area contributed by atoms with Crippen molar-refractivity contribution in [1.82, 2.24) is 19.7 Å².